The van der Waals surface area contributed by atoms with E-state index in [0.717, 1.165) is 32.1 Å². The minimum Gasteiger partial charge on any atom is -0.438 e. The lowest BCUT2D eigenvalue weighted by Crippen LogP contribution is -2.51. The molecule has 4 aliphatic rings. The molecule has 4 heteroatoms. The molecule has 0 amide bonds. The van der Waals surface area contributed by atoms with Gasteiger partial charge in [-0.1, -0.05) is 19.4 Å². The van der Waals surface area contributed by atoms with Crippen molar-refractivity contribution in [2.24, 2.45) is 28.6 Å². The molecule has 0 bridgehead atoms. The molecule has 6 atom stereocenters. The molecule has 0 aromatic heterocycles. The van der Waals surface area contributed by atoms with Crippen LogP contribution in [0.2, 0.25) is 0 Å². The summed E-state index contributed by atoms with van der Waals surface area (Å²) in [6.45, 7) is 4.73. The maximum absolute atomic E-state index is 11.9. The first-order chi connectivity index (χ1) is 11.9. The maximum atomic E-state index is 11.9. The summed E-state index contributed by atoms with van der Waals surface area (Å²) in [6.07, 6.45) is 9.78. The molecule has 0 spiro atoms. The second kappa shape index (κ2) is 5.85. The molecular formula is C21H30O4. The molecular weight excluding hydrogens is 316 g/mol. The molecule has 4 nitrogen and oxygen atoms in total. The molecule has 25 heavy (non-hydrogen) atoms. The van der Waals surface area contributed by atoms with Gasteiger partial charge in [-0.3, -0.25) is 4.79 Å². The summed E-state index contributed by atoms with van der Waals surface area (Å²) in [5.41, 5.74) is 1.70. The van der Waals surface area contributed by atoms with Crippen LogP contribution in [0.25, 0.3) is 0 Å². The Morgan fingerprint density at radius 1 is 1.08 bits per heavy atom. The first-order valence-corrected chi connectivity index (χ1v) is 9.87. The van der Waals surface area contributed by atoms with Gasteiger partial charge in [0.15, 0.2) is 5.78 Å². The van der Waals surface area contributed by atoms with Crippen molar-refractivity contribution in [3.63, 3.8) is 0 Å². The number of allylic oxidation sites excluding steroid dienone is 1. The van der Waals surface area contributed by atoms with Crippen molar-refractivity contribution in [1.29, 1.82) is 0 Å². The molecule has 3 fully saturated rings. The number of methoxy groups -OCH3 is 1. The van der Waals surface area contributed by atoms with E-state index in [-0.39, 0.29) is 16.9 Å². The third-order valence-corrected chi connectivity index (χ3v) is 8.28. The van der Waals surface area contributed by atoms with Gasteiger partial charge in [0.05, 0.1) is 7.11 Å². The van der Waals surface area contributed by atoms with Gasteiger partial charge in [0.2, 0.25) is 0 Å². The van der Waals surface area contributed by atoms with Gasteiger partial charge >= 0.3 is 6.16 Å². The van der Waals surface area contributed by atoms with Crippen LogP contribution in [0, 0.1) is 28.6 Å². The van der Waals surface area contributed by atoms with E-state index in [1.165, 1.54) is 25.5 Å². The van der Waals surface area contributed by atoms with Crippen LogP contribution in [0.3, 0.4) is 0 Å². The van der Waals surface area contributed by atoms with Gasteiger partial charge in [-0.15, -0.1) is 0 Å². The number of ketones is 1. The van der Waals surface area contributed by atoms with Crippen molar-refractivity contribution in [3.8, 4) is 0 Å². The zero-order valence-electron chi connectivity index (χ0n) is 15.7. The molecule has 1 unspecified atom stereocenters. The predicted molar refractivity (Wildman–Crippen MR) is 94.0 cm³/mol. The van der Waals surface area contributed by atoms with Crippen molar-refractivity contribution in [1.82, 2.24) is 0 Å². The Bertz CT molecular complexity index is 623. The van der Waals surface area contributed by atoms with Crippen molar-refractivity contribution in [2.75, 3.05) is 7.11 Å². The molecule has 0 heterocycles. The molecule has 0 aromatic carbocycles. The minimum absolute atomic E-state index is 0.0106. The van der Waals surface area contributed by atoms with E-state index < -0.39 is 6.16 Å². The van der Waals surface area contributed by atoms with Gasteiger partial charge in [0.1, 0.15) is 6.10 Å². The zero-order valence-corrected chi connectivity index (χ0v) is 15.7. The summed E-state index contributed by atoms with van der Waals surface area (Å²) in [5, 5.41) is 0. The summed E-state index contributed by atoms with van der Waals surface area (Å²) < 4.78 is 10.4. The quantitative estimate of drug-likeness (QED) is 0.647. The summed E-state index contributed by atoms with van der Waals surface area (Å²) in [4.78, 5) is 23.5. The van der Waals surface area contributed by atoms with E-state index in [4.69, 9.17) is 9.47 Å². The first-order valence-electron chi connectivity index (χ1n) is 9.87. The number of rotatable bonds is 1. The fourth-order valence-corrected chi connectivity index (χ4v) is 6.87. The maximum Gasteiger partial charge on any atom is 0.508 e. The third kappa shape index (κ3) is 2.47. The number of carbonyl (C=O) groups is 2. The monoisotopic (exact) mass is 346 g/mol. The van der Waals surface area contributed by atoms with Crippen LogP contribution in [0.4, 0.5) is 4.79 Å². The first kappa shape index (κ1) is 17.1. The molecule has 0 radical (unpaired) electrons. The third-order valence-electron chi connectivity index (χ3n) is 8.28. The van der Waals surface area contributed by atoms with E-state index in [0.29, 0.717) is 30.0 Å². The van der Waals surface area contributed by atoms with Crippen molar-refractivity contribution in [2.45, 2.75) is 71.3 Å². The Morgan fingerprint density at radius 2 is 1.88 bits per heavy atom. The average molecular weight is 346 g/mol. The van der Waals surface area contributed by atoms with Crippen LogP contribution >= 0.6 is 0 Å². The van der Waals surface area contributed by atoms with E-state index in [1.54, 1.807) is 0 Å². The molecule has 4 aliphatic carbocycles. The second-order valence-corrected chi connectivity index (χ2v) is 9.15. The van der Waals surface area contributed by atoms with Gasteiger partial charge in [-0.2, -0.15) is 0 Å². The van der Waals surface area contributed by atoms with Crippen LogP contribution in [0.5, 0.6) is 0 Å². The Balaban J connectivity index is 1.59. The highest BCUT2D eigenvalue weighted by Crippen LogP contribution is 2.65. The van der Waals surface area contributed by atoms with Crippen LogP contribution in [0.15, 0.2) is 11.6 Å². The Morgan fingerprint density at radius 3 is 2.64 bits per heavy atom. The standard InChI is InChI=1S/C21H30O4/c1-20-10-8-14(22)12-13(20)4-5-15-16-6-7-18(25-19(23)24-3)21(16,2)11-9-17(15)20/h12,15-18H,4-11H2,1-3H3/t15-,16-,17+,18?,20+,21+/m1/s1. The van der Waals surface area contributed by atoms with Crippen LogP contribution in [-0.4, -0.2) is 25.2 Å². The lowest BCUT2D eigenvalue weighted by molar-refractivity contribution is -0.118. The SMILES string of the molecule is COC(=O)OC1CC[C@@H]2[C@H]3CCC4=CC(=O)CC[C@]4(C)[C@H]3CC[C@]12C. The summed E-state index contributed by atoms with van der Waals surface area (Å²) in [7, 11) is 1.38. The molecule has 0 aromatic rings. The molecule has 0 saturated heterocycles. The van der Waals surface area contributed by atoms with Crippen LogP contribution < -0.4 is 0 Å². The normalized spacial score (nSPS) is 45.7. The lowest BCUT2D eigenvalue weighted by Gasteiger charge is -2.57. The van der Waals surface area contributed by atoms with Crippen LogP contribution in [0.1, 0.15) is 65.2 Å². The van der Waals surface area contributed by atoms with Gasteiger partial charge in [0, 0.05) is 11.8 Å². The Hall–Kier alpha value is -1.32. The fraction of sp³-hybridized carbons (Fsp3) is 0.810. The number of fused-ring (bicyclic) bond motifs is 5. The molecule has 0 N–H and O–H groups in total. The largest absolute Gasteiger partial charge is 0.508 e. The number of hydrogen-bond donors (Lipinski definition) is 0. The van der Waals surface area contributed by atoms with E-state index in [1.807, 2.05) is 6.08 Å². The van der Waals surface area contributed by atoms with Crippen molar-refractivity contribution in [3.05, 3.63) is 11.6 Å². The van der Waals surface area contributed by atoms with Gasteiger partial charge in [0.25, 0.3) is 0 Å². The number of ether oxygens (including phenoxy) is 2. The Labute approximate surface area is 150 Å². The summed E-state index contributed by atoms with van der Waals surface area (Å²) >= 11 is 0. The molecule has 3 saturated carbocycles. The highest BCUT2D eigenvalue weighted by atomic mass is 16.7. The topological polar surface area (TPSA) is 52.6 Å². The highest BCUT2D eigenvalue weighted by molar-refractivity contribution is 5.91. The highest BCUT2D eigenvalue weighted by Gasteiger charge is 2.60. The minimum atomic E-state index is -0.541. The van der Waals surface area contributed by atoms with Gasteiger partial charge in [-0.05, 0) is 74.2 Å². The van der Waals surface area contributed by atoms with E-state index in [9.17, 15) is 9.59 Å². The lowest BCUT2D eigenvalue weighted by atomic mass is 9.47. The summed E-state index contributed by atoms with van der Waals surface area (Å²) in [5.74, 6) is 2.31. The molecule has 4 rings (SSSR count). The smallest absolute Gasteiger partial charge is 0.438 e. The van der Waals surface area contributed by atoms with E-state index in [2.05, 4.69) is 13.8 Å². The molecule has 0 aliphatic heterocycles. The van der Waals surface area contributed by atoms with Crippen LogP contribution in [-0.2, 0) is 14.3 Å². The fourth-order valence-electron chi connectivity index (χ4n) is 6.87. The second-order valence-electron chi connectivity index (χ2n) is 9.15. The van der Waals surface area contributed by atoms with E-state index >= 15 is 0 Å². The molecule has 138 valence electrons. The van der Waals surface area contributed by atoms with Gasteiger partial charge < -0.3 is 9.47 Å². The van der Waals surface area contributed by atoms with Crippen molar-refractivity contribution < 1.29 is 19.1 Å². The van der Waals surface area contributed by atoms with Gasteiger partial charge in [-0.25, -0.2) is 4.79 Å². The average Bonchev–Trinajstić information content (AvgIpc) is 2.92. The summed E-state index contributed by atoms with van der Waals surface area (Å²) in [6, 6.07) is 0. The number of hydrogen-bond acceptors (Lipinski definition) is 4. The van der Waals surface area contributed by atoms with Crippen molar-refractivity contribution >= 4 is 11.9 Å². The number of carbonyl (C=O) groups excluding carboxylic acids is 2. The zero-order chi connectivity index (χ0) is 17.8. The predicted octanol–water partition coefficient (Wildman–Crippen LogP) is 4.67. The Kier molecular flexibility index (Phi) is 4.01.